The first-order chi connectivity index (χ1) is 6.61. The highest BCUT2D eigenvalue weighted by Gasteiger charge is 2.06. The van der Waals surface area contributed by atoms with E-state index in [1.807, 2.05) is 0 Å². The van der Waals surface area contributed by atoms with Crippen LogP contribution >= 0.6 is 0 Å². The molecule has 0 bridgehead atoms. The summed E-state index contributed by atoms with van der Waals surface area (Å²) in [6, 6.07) is 2.51. The standard InChI is InChI=1S/C9H8F2O3/c1-13-5-9(12)14-8-3-6(10)2-7(11)4-8/h2-4H,5H2,1H3. The Hall–Kier alpha value is -1.49. The highest BCUT2D eigenvalue weighted by molar-refractivity contribution is 5.73. The molecule has 76 valence electrons. The molecule has 0 heterocycles. The number of hydrogen-bond acceptors (Lipinski definition) is 3. The van der Waals surface area contributed by atoms with Gasteiger partial charge in [-0.1, -0.05) is 0 Å². The third-order valence-corrected chi connectivity index (χ3v) is 1.33. The number of carbonyl (C=O) groups is 1. The second-order valence-electron chi connectivity index (χ2n) is 2.51. The van der Waals surface area contributed by atoms with Crippen molar-refractivity contribution in [1.29, 1.82) is 0 Å². The maximum Gasteiger partial charge on any atom is 0.337 e. The Morgan fingerprint density at radius 2 is 1.86 bits per heavy atom. The SMILES string of the molecule is COCC(=O)Oc1cc(F)cc(F)c1. The van der Waals surface area contributed by atoms with Crippen molar-refractivity contribution in [3.05, 3.63) is 29.8 Å². The first-order valence-electron chi connectivity index (χ1n) is 3.77. The molecular weight excluding hydrogens is 194 g/mol. The zero-order chi connectivity index (χ0) is 10.6. The van der Waals surface area contributed by atoms with E-state index in [9.17, 15) is 13.6 Å². The van der Waals surface area contributed by atoms with Crippen LogP contribution in [0.5, 0.6) is 5.75 Å². The first-order valence-corrected chi connectivity index (χ1v) is 3.77. The van der Waals surface area contributed by atoms with Gasteiger partial charge in [0.25, 0.3) is 0 Å². The first kappa shape index (κ1) is 10.6. The maximum atomic E-state index is 12.6. The molecule has 0 unspecified atom stereocenters. The predicted octanol–water partition coefficient (Wildman–Crippen LogP) is 1.52. The summed E-state index contributed by atoms with van der Waals surface area (Å²) in [5.74, 6) is -2.49. The van der Waals surface area contributed by atoms with Gasteiger partial charge in [-0.2, -0.15) is 0 Å². The minimum absolute atomic E-state index is 0.176. The molecule has 0 aromatic heterocycles. The molecule has 0 radical (unpaired) electrons. The lowest BCUT2D eigenvalue weighted by Gasteiger charge is -2.03. The van der Waals surface area contributed by atoms with Gasteiger partial charge >= 0.3 is 5.97 Å². The molecule has 0 spiro atoms. The Morgan fingerprint density at radius 3 is 2.36 bits per heavy atom. The predicted molar refractivity (Wildman–Crippen MR) is 43.9 cm³/mol. The molecule has 1 aromatic rings. The fraction of sp³-hybridized carbons (Fsp3) is 0.222. The lowest BCUT2D eigenvalue weighted by atomic mass is 10.3. The number of halogens is 2. The van der Waals surface area contributed by atoms with Crippen LogP contribution in [-0.4, -0.2) is 19.7 Å². The zero-order valence-corrected chi connectivity index (χ0v) is 7.42. The van der Waals surface area contributed by atoms with Crippen LogP contribution in [0.1, 0.15) is 0 Å². The van der Waals surface area contributed by atoms with Gasteiger partial charge in [0.15, 0.2) is 0 Å². The van der Waals surface area contributed by atoms with Crippen LogP contribution in [0, 0.1) is 11.6 Å². The molecule has 14 heavy (non-hydrogen) atoms. The number of ether oxygens (including phenoxy) is 2. The highest BCUT2D eigenvalue weighted by Crippen LogP contribution is 2.15. The van der Waals surface area contributed by atoms with Crippen molar-refractivity contribution in [2.75, 3.05) is 13.7 Å². The van der Waals surface area contributed by atoms with Gasteiger partial charge < -0.3 is 9.47 Å². The Labute approximate surface area is 79.2 Å². The molecule has 0 N–H and O–H groups in total. The number of methoxy groups -OCH3 is 1. The van der Waals surface area contributed by atoms with Gasteiger partial charge in [-0.3, -0.25) is 0 Å². The van der Waals surface area contributed by atoms with E-state index < -0.39 is 17.6 Å². The number of rotatable bonds is 3. The molecule has 0 fully saturated rings. The summed E-state index contributed by atoms with van der Waals surface area (Å²) < 4.78 is 34.3. The minimum atomic E-state index is -0.801. The average Bonchev–Trinajstić information content (AvgIpc) is 2.01. The van der Waals surface area contributed by atoms with Gasteiger partial charge in [-0.25, -0.2) is 13.6 Å². The van der Waals surface area contributed by atoms with Crippen LogP contribution in [0.25, 0.3) is 0 Å². The van der Waals surface area contributed by atoms with E-state index in [0.717, 1.165) is 12.1 Å². The summed E-state index contributed by atoms with van der Waals surface area (Å²) in [5.41, 5.74) is 0. The highest BCUT2D eigenvalue weighted by atomic mass is 19.1. The Bertz CT molecular complexity index is 319. The molecule has 0 aliphatic heterocycles. The van der Waals surface area contributed by atoms with Crippen LogP contribution in [0.3, 0.4) is 0 Å². The quantitative estimate of drug-likeness (QED) is 0.550. The summed E-state index contributed by atoms with van der Waals surface area (Å²) >= 11 is 0. The van der Waals surface area contributed by atoms with Crippen molar-refractivity contribution in [2.24, 2.45) is 0 Å². The number of esters is 1. The van der Waals surface area contributed by atoms with Gasteiger partial charge in [-0.05, 0) is 0 Å². The maximum absolute atomic E-state index is 12.6. The fourth-order valence-electron chi connectivity index (χ4n) is 0.866. The largest absolute Gasteiger partial charge is 0.425 e. The minimum Gasteiger partial charge on any atom is -0.425 e. The van der Waals surface area contributed by atoms with Gasteiger partial charge in [0.05, 0.1) is 0 Å². The molecule has 1 aromatic carbocycles. The van der Waals surface area contributed by atoms with Crippen LogP contribution in [0.4, 0.5) is 8.78 Å². The van der Waals surface area contributed by atoms with Gasteiger partial charge in [0.1, 0.15) is 24.0 Å². The number of benzene rings is 1. The van der Waals surface area contributed by atoms with E-state index in [4.69, 9.17) is 0 Å². The second kappa shape index (κ2) is 4.66. The summed E-state index contributed by atoms with van der Waals surface area (Å²) in [6.07, 6.45) is 0. The summed E-state index contributed by atoms with van der Waals surface area (Å²) in [6.45, 7) is -0.266. The summed E-state index contributed by atoms with van der Waals surface area (Å²) in [5, 5.41) is 0. The normalized spacial score (nSPS) is 9.93. The van der Waals surface area contributed by atoms with E-state index in [-0.39, 0.29) is 12.4 Å². The smallest absolute Gasteiger partial charge is 0.337 e. The van der Waals surface area contributed by atoms with Crippen molar-refractivity contribution in [2.45, 2.75) is 0 Å². The molecule has 0 aliphatic carbocycles. The third kappa shape index (κ3) is 3.10. The number of carbonyl (C=O) groups excluding carboxylic acids is 1. The van der Waals surface area contributed by atoms with Crippen molar-refractivity contribution in [3.8, 4) is 5.75 Å². The van der Waals surface area contributed by atoms with Crippen LogP contribution < -0.4 is 4.74 Å². The van der Waals surface area contributed by atoms with Crippen molar-refractivity contribution in [1.82, 2.24) is 0 Å². The average molecular weight is 202 g/mol. The van der Waals surface area contributed by atoms with E-state index in [0.29, 0.717) is 6.07 Å². The molecule has 0 atom stereocenters. The number of hydrogen-bond donors (Lipinski definition) is 0. The Morgan fingerprint density at radius 1 is 1.29 bits per heavy atom. The second-order valence-corrected chi connectivity index (χ2v) is 2.51. The molecule has 0 aliphatic rings. The monoisotopic (exact) mass is 202 g/mol. The Kier molecular flexibility index (Phi) is 3.53. The molecule has 0 saturated heterocycles. The molecule has 3 nitrogen and oxygen atoms in total. The topological polar surface area (TPSA) is 35.5 Å². The molecule has 0 saturated carbocycles. The fourth-order valence-corrected chi connectivity index (χ4v) is 0.866. The molecule has 5 heteroatoms. The Balaban J connectivity index is 2.71. The van der Waals surface area contributed by atoms with Crippen molar-refractivity contribution in [3.63, 3.8) is 0 Å². The third-order valence-electron chi connectivity index (χ3n) is 1.33. The van der Waals surface area contributed by atoms with E-state index in [1.165, 1.54) is 7.11 Å². The summed E-state index contributed by atoms with van der Waals surface area (Å²) in [7, 11) is 1.31. The van der Waals surface area contributed by atoms with Crippen LogP contribution in [0.15, 0.2) is 18.2 Å². The van der Waals surface area contributed by atoms with E-state index in [2.05, 4.69) is 9.47 Å². The van der Waals surface area contributed by atoms with Gasteiger partial charge in [0.2, 0.25) is 0 Å². The molecular formula is C9H8F2O3. The lowest BCUT2D eigenvalue weighted by Crippen LogP contribution is -2.14. The van der Waals surface area contributed by atoms with E-state index >= 15 is 0 Å². The van der Waals surface area contributed by atoms with E-state index in [1.54, 1.807) is 0 Å². The van der Waals surface area contributed by atoms with Gasteiger partial charge in [0, 0.05) is 25.3 Å². The van der Waals surface area contributed by atoms with Crippen LogP contribution in [-0.2, 0) is 9.53 Å². The van der Waals surface area contributed by atoms with Crippen LogP contribution in [0.2, 0.25) is 0 Å². The van der Waals surface area contributed by atoms with Crippen molar-refractivity contribution < 1.29 is 23.0 Å². The lowest BCUT2D eigenvalue weighted by molar-refractivity contribution is -0.138. The molecule has 1 rings (SSSR count). The van der Waals surface area contributed by atoms with Gasteiger partial charge in [-0.15, -0.1) is 0 Å². The summed E-state index contributed by atoms with van der Waals surface area (Å²) in [4.78, 5) is 10.8. The van der Waals surface area contributed by atoms with Crippen molar-refractivity contribution >= 4 is 5.97 Å². The zero-order valence-electron chi connectivity index (χ0n) is 7.42. The molecule has 0 amide bonds.